The zero-order valence-corrected chi connectivity index (χ0v) is 12.6. The predicted octanol–water partition coefficient (Wildman–Crippen LogP) is 4.35. The van der Waals surface area contributed by atoms with Crippen LogP contribution >= 0.6 is 0 Å². The molecule has 0 spiro atoms. The fraction of sp³-hybridized carbons (Fsp3) is 0.706. The molecule has 0 aromatic heterocycles. The van der Waals surface area contributed by atoms with Gasteiger partial charge >= 0.3 is 6.09 Å². The number of ether oxygens (including phenoxy) is 1. The van der Waals surface area contributed by atoms with E-state index in [1.54, 1.807) is 0 Å². The number of allylic oxidation sites excluding steroid dienone is 2. The summed E-state index contributed by atoms with van der Waals surface area (Å²) in [7, 11) is 0. The summed E-state index contributed by atoms with van der Waals surface area (Å²) in [6, 6.07) is 0. The van der Waals surface area contributed by atoms with E-state index in [0.29, 0.717) is 12.5 Å². The second kappa shape index (κ2) is 7.51. The largest absolute Gasteiger partial charge is 0.446 e. The highest BCUT2D eigenvalue weighted by molar-refractivity contribution is 5.67. The third-order valence-electron chi connectivity index (χ3n) is 4.49. The second-order valence-corrected chi connectivity index (χ2v) is 6.20. The minimum Gasteiger partial charge on any atom is -0.446 e. The molecule has 0 aromatic carbocycles. The van der Waals surface area contributed by atoms with E-state index < -0.39 is 0 Å². The summed E-state index contributed by atoms with van der Waals surface area (Å²) in [5, 5.41) is 2.89. The Morgan fingerprint density at radius 1 is 1.35 bits per heavy atom. The van der Waals surface area contributed by atoms with Crippen LogP contribution in [-0.4, -0.2) is 18.7 Å². The Hall–Kier alpha value is -1.25. The van der Waals surface area contributed by atoms with Crippen molar-refractivity contribution in [3.8, 4) is 0 Å². The van der Waals surface area contributed by atoms with E-state index in [9.17, 15) is 4.79 Å². The SMILES string of the molecule is C=C(C)C1CC=C(CNC(=O)OC2CCCCC2)CC1. The average Bonchev–Trinajstić information content (AvgIpc) is 2.46. The number of rotatable bonds is 4. The Labute approximate surface area is 122 Å². The van der Waals surface area contributed by atoms with Crippen molar-refractivity contribution in [1.29, 1.82) is 0 Å². The molecule has 112 valence electrons. The van der Waals surface area contributed by atoms with E-state index in [2.05, 4.69) is 24.9 Å². The maximum Gasteiger partial charge on any atom is 0.407 e. The molecule has 1 amide bonds. The lowest BCUT2D eigenvalue weighted by atomic mass is 9.85. The summed E-state index contributed by atoms with van der Waals surface area (Å²) >= 11 is 0. The highest BCUT2D eigenvalue weighted by atomic mass is 16.6. The van der Waals surface area contributed by atoms with Crippen molar-refractivity contribution in [2.45, 2.75) is 64.4 Å². The summed E-state index contributed by atoms with van der Waals surface area (Å²) in [4.78, 5) is 11.8. The van der Waals surface area contributed by atoms with Crippen LogP contribution in [0.15, 0.2) is 23.8 Å². The molecule has 1 fully saturated rings. The molecule has 1 unspecified atom stereocenters. The predicted molar refractivity (Wildman–Crippen MR) is 81.6 cm³/mol. The van der Waals surface area contributed by atoms with Crippen molar-refractivity contribution in [3.05, 3.63) is 23.8 Å². The highest BCUT2D eigenvalue weighted by Crippen LogP contribution is 2.27. The van der Waals surface area contributed by atoms with Gasteiger partial charge in [-0.1, -0.05) is 30.2 Å². The van der Waals surface area contributed by atoms with Gasteiger partial charge in [0.1, 0.15) is 6.10 Å². The van der Waals surface area contributed by atoms with E-state index in [4.69, 9.17) is 4.74 Å². The molecule has 3 heteroatoms. The molecular formula is C17H27NO2. The van der Waals surface area contributed by atoms with E-state index in [0.717, 1.165) is 32.1 Å². The third-order valence-corrected chi connectivity index (χ3v) is 4.49. The minimum absolute atomic E-state index is 0.136. The standard InChI is InChI=1S/C17H27NO2/c1-13(2)15-10-8-14(9-11-15)12-18-17(19)20-16-6-4-3-5-7-16/h8,15-16H,1,3-7,9-12H2,2H3,(H,18,19). The Kier molecular flexibility index (Phi) is 5.69. The minimum atomic E-state index is -0.250. The van der Waals surface area contributed by atoms with E-state index in [1.165, 1.54) is 30.4 Å². The summed E-state index contributed by atoms with van der Waals surface area (Å²) in [6.45, 7) is 6.76. The molecule has 0 heterocycles. The Bertz CT molecular complexity index is 380. The van der Waals surface area contributed by atoms with Crippen LogP contribution in [0.1, 0.15) is 58.3 Å². The summed E-state index contributed by atoms with van der Waals surface area (Å²) in [6.07, 6.45) is 11.1. The lowest BCUT2D eigenvalue weighted by Crippen LogP contribution is -2.31. The van der Waals surface area contributed by atoms with Gasteiger partial charge in [0.25, 0.3) is 0 Å². The molecule has 20 heavy (non-hydrogen) atoms. The molecule has 3 nitrogen and oxygen atoms in total. The van der Waals surface area contributed by atoms with Gasteiger partial charge < -0.3 is 10.1 Å². The van der Waals surface area contributed by atoms with Gasteiger partial charge in [-0.15, -0.1) is 0 Å². The summed E-state index contributed by atoms with van der Waals surface area (Å²) < 4.78 is 5.45. The molecule has 0 bridgehead atoms. The van der Waals surface area contributed by atoms with Crippen LogP contribution in [0.4, 0.5) is 4.79 Å². The first kappa shape index (κ1) is 15.1. The molecule has 2 aliphatic carbocycles. The Balaban J connectivity index is 1.67. The molecule has 0 aliphatic heterocycles. The number of amides is 1. The summed E-state index contributed by atoms with van der Waals surface area (Å²) in [5.74, 6) is 0.618. The second-order valence-electron chi connectivity index (χ2n) is 6.20. The smallest absolute Gasteiger partial charge is 0.407 e. The van der Waals surface area contributed by atoms with Gasteiger partial charge in [0.05, 0.1) is 0 Å². The zero-order chi connectivity index (χ0) is 14.4. The van der Waals surface area contributed by atoms with Crippen LogP contribution < -0.4 is 5.32 Å². The van der Waals surface area contributed by atoms with E-state index in [-0.39, 0.29) is 12.2 Å². The lowest BCUT2D eigenvalue weighted by molar-refractivity contribution is 0.0759. The first-order valence-corrected chi connectivity index (χ1v) is 7.93. The van der Waals surface area contributed by atoms with Crippen LogP contribution in [0.3, 0.4) is 0 Å². The van der Waals surface area contributed by atoms with Crippen LogP contribution in [-0.2, 0) is 4.74 Å². The van der Waals surface area contributed by atoms with Crippen LogP contribution in [0.25, 0.3) is 0 Å². The highest BCUT2D eigenvalue weighted by Gasteiger charge is 2.18. The van der Waals surface area contributed by atoms with Crippen molar-refractivity contribution in [3.63, 3.8) is 0 Å². The maximum absolute atomic E-state index is 11.8. The van der Waals surface area contributed by atoms with Crippen molar-refractivity contribution < 1.29 is 9.53 Å². The first-order valence-electron chi connectivity index (χ1n) is 7.93. The zero-order valence-electron chi connectivity index (χ0n) is 12.6. The van der Waals surface area contributed by atoms with Gasteiger partial charge in [-0.2, -0.15) is 0 Å². The molecule has 0 radical (unpaired) electrons. The van der Waals surface area contributed by atoms with Crippen LogP contribution in [0.2, 0.25) is 0 Å². The van der Waals surface area contributed by atoms with Gasteiger partial charge in [0, 0.05) is 6.54 Å². The molecule has 1 N–H and O–H groups in total. The van der Waals surface area contributed by atoms with Gasteiger partial charge in [0.2, 0.25) is 0 Å². The van der Waals surface area contributed by atoms with Gasteiger partial charge in [0.15, 0.2) is 0 Å². The molecule has 1 saturated carbocycles. The molecule has 1 atom stereocenters. The van der Waals surface area contributed by atoms with Crippen molar-refractivity contribution >= 4 is 6.09 Å². The third kappa shape index (κ3) is 4.69. The molecule has 2 rings (SSSR count). The molecular weight excluding hydrogens is 250 g/mol. The maximum atomic E-state index is 11.8. The van der Waals surface area contributed by atoms with Gasteiger partial charge in [-0.05, 0) is 57.8 Å². The number of carbonyl (C=O) groups excluding carboxylic acids is 1. The topological polar surface area (TPSA) is 38.3 Å². The molecule has 0 aromatic rings. The number of carbonyl (C=O) groups is 1. The Morgan fingerprint density at radius 2 is 2.10 bits per heavy atom. The van der Waals surface area contributed by atoms with Crippen molar-refractivity contribution in [2.75, 3.05) is 6.54 Å². The van der Waals surface area contributed by atoms with E-state index >= 15 is 0 Å². The number of hydrogen-bond acceptors (Lipinski definition) is 2. The monoisotopic (exact) mass is 277 g/mol. The number of hydrogen-bond donors (Lipinski definition) is 1. The quantitative estimate of drug-likeness (QED) is 0.776. The first-order chi connectivity index (χ1) is 9.65. The van der Waals surface area contributed by atoms with Gasteiger partial charge in [-0.25, -0.2) is 4.79 Å². The van der Waals surface area contributed by atoms with Crippen LogP contribution in [0.5, 0.6) is 0 Å². The fourth-order valence-electron chi connectivity index (χ4n) is 3.06. The summed E-state index contributed by atoms with van der Waals surface area (Å²) in [5.41, 5.74) is 2.59. The number of alkyl carbamates (subject to hydrolysis) is 1. The Morgan fingerprint density at radius 3 is 2.70 bits per heavy atom. The molecule has 2 aliphatic rings. The number of nitrogens with one attached hydrogen (secondary N) is 1. The van der Waals surface area contributed by atoms with Crippen molar-refractivity contribution in [1.82, 2.24) is 5.32 Å². The van der Waals surface area contributed by atoms with Crippen LogP contribution in [0, 0.1) is 5.92 Å². The normalized spacial score (nSPS) is 23.9. The van der Waals surface area contributed by atoms with Crippen molar-refractivity contribution in [2.24, 2.45) is 5.92 Å². The lowest BCUT2D eigenvalue weighted by Gasteiger charge is -2.24. The molecule has 0 saturated heterocycles. The fourth-order valence-corrected chi connectivity index (χ4v) is 3.06. The average molecular weight is 277 g/mol. The van der Waals surface area contributed by atoms with Gasteiger partial charge in [-0.3, -0.25) is 0 Å². The van der Waals surface area contributed by atoms with E-state index in [1.807, 2.05) is 0 Å².